The molecule has 6 heteroatoms. The maximum Gasteiger partial charge on any atom is 0.287 e. The van der Waals surface area contributed by atoms with E-state index in [-0.39, 0.29) is 23.8 Å². The number of hydrogen-bond donors (Lipinski definition) is 2. The van der Waals surface area contributed by atoms with E-state index in [4.69, 9.17) is 4.42 Å². The van der Waals surface area contributed by atoms with Crippen LogP contribution >= 0.6 is 0 Å². The van der Waals surface area contributed by atoms with Crippen LogP contribution in [0.15, 0.2) is 52.9 Å². The zero-order valence-corrected chi connectivity index (χ0v) is 18.0. The van der Waals surface area contributed by atoms with Gasteiger partial charge in [-0.1, -0.05) is 30.3 Å². The van der Waals surface area contributed by atoms with Crippen LogP contribution in [0.2, 0.25) is 0 Å². The van der Waals surface area contributed by atoms with Gasteiger partial charge in [-0.2, -0.15) is 0 Å². The van der Waals surface area contributed by atoms with Gasteiger partial charge < -0.3 is 20.0 Å². The van der Waals surface area contributed by atoms with Crippen LogP contribution in [-0.2, 0) is 4.79 Å². The van der Waals surface area contributed by atoms with E-state index in [0.717, 1.165) is 67.5 Å². The molecule has 3 aromatic rings. The van der Waals surface area contributed by atoms with Gasteiger partial charge in [0.2, 0.25) is 5.91 Å². The summed E-state index contributed by atoms with van der Waals surface area (Å²) in [6.45, 7) is 3.22. The van der Waals surface area contributed by atoms with Gasteiger partial charge in [-0.15, -0.1) is 0 Å². The highest BCUT2D eigenvalue weighted by Gasteiger charge is 2.35. The summed E-state index contributed by atoms with van der Waals surface area (Å²) in [4.78, 5) is 27.6. The van der Waals surface area contributed by atoms with Crippen molar-refractivity contribution in [3.63, 3.8) is 0 Å². The van der Waals surface area contributed by atoms with Gasteiger partial charge in [-0.3, -0.25) is 9.59 Å². The first kappa shape index (κ1) is 19.6. The first-order valence-corrected chi connectivity index (χ1v) is 11.6. The molecule has 6 nitrogen and oxygen atoms in total. The minimum Gasteiger partial charge on any atom is -0.450 e. The number of carbonyl (C=O) groups is 2. The van der Waals surface area contributed by atoms with E-state index in [2.05, 4.69) is 15.5 Å². The number of piperidine rings is 3. The molecule has 1 atom stereocenters. The van der Waals surface area contributed by atoms with Gasteiger partial charge in [0.25, 0.3) is 5.91 Å². The number of hydrogen-bond acceptors (Lipinski definition) is 4. The lowest BCUT2D eigenvalue weighted by atomic mass is 9.84. The quantitative estimate of drug-likeness (QED) is 0.635. The minimum atomic E-state index is -0.142. The summed E-state index contributed by atoms with van der Waals surface area (Å²) in [5.41, 5.74) is 3.33. The normalized spacial score (nSPS) is 24.4. The Labute approximate surface area is 187 Å². The molecule has 3 aliphatic heterocycles. The summed E-state index contributed by atoms with van der Waals surface area (Å²) in [5.74, 6) is 1.02. The van der Waals surface area contributed by atoms with Gasteiger partial charge in [0.05, 0.1) is 0 Å². The Morgan fingerprint density at radius 2 is 1.78 bits per heavy atom. The molecule has 2 aromatic carbocycles. The number of carbonyl (C=O) groups excluding carboxylic acids is 2. The summed E-state index contributed by atoms with van der Waals surface area (Å²) >= 11 is 0. The van der Waals surface area contributed by atoms with E-state index >= 15 is 0 Å². The third-order valence-corrected chi connectivity index (χ3v) is 7.13. The van der Waals surface area contributed by atoms with E-state index < -0.39 is 0 Å². The van der Waals surface area contributed by atoms with Crippen LogP contribution in [0, 0.1) is 11.8 Å². The molecule has 4 fully saturated rings. The molecule has 164 valence electrons. The Balaban J connectivity index is 1.26. The Morgan fingerprint density at radius 1 is 0.969 bits per heavy atom. The third kappa shape index (κ3) is 3.69. The molecule has 0 radical (unpaired) electrons. The number of para-hydroxylation sites is 1. The number of nitrogens with zero attached hydrogens (tertiary/aromatic N) is 1. The summed E-state index contributed by atoms with van der Waals surface area (Å²) in [7, 11) is 0. The molecule has 2 bridgehead atoms. The fraction of sp³-hybridized carbons (Fsp3) is 0.385. The van der Waals surface area contributed by atoms with Gasteiger partial charge in [0.1, 0.15) is 5.58 Å². The van der Waals surface area contributed by atoms with Crippen molar-refractivity contribution in [2.75, 3.05) is 25.0 Å². The monoisotopic (exact) mass is 429 g/mol. The molecule has 2 amide bonds. The van der Waals surface area contributed by atoms with E-state index in [9.17, 15) is 9.59 Å². The fourth-order valence-electron chi connectivity index (χ4n) is 5.12. The van der Waals surface area contributed by atoms with Crippen LogP contribution in [0.25, 0.3) is 22.1 Å². The number of anilines is 1. The molecular formula is C26H27N3O3. The zero-order chi connectivity index (χ0) is 21.7. The standard InChI is InChI=1S/C26H27N3O3/c30-25(17-7-8-17)27-20-5-1-3-18(13-20)21-6-2-4-19-14-23(32-24(19)21)26(31)28-22-15-29-11-9-16(22)10-12-29/h1-6,13-14,16-17,22H,7-12,15H2,(H,27,30)(H,28,31)/t22-/m0/s1. The minimum absolute atomic E-state index is 0.0880. The van der Waals surface area contributed by atoms with Crippen LogP contribution in [-0.4, -0.2) is 42.4 Å². The molecule has 3 saturated heterocycles. The fourth-order valence-corrected chi connectivity index (χ4v) is 5.12. The number of benzene rings is 2. The molecule has 0 spiro atoms. The summed E-state index contributed by atoms with van der Waals surface area (Å²) in [5, 5.41) is 7.12. The first-order chi connectivity index (χ1) is 15.6. The maximum absolute atomic E-state index is 13.0. The maximum atomic E-state index is 13.0. The topological polar surface area (TPSA) is 74.6 Å². The number of fused-ring (bicyclic) bond motifs is 4. The van der Waals surface area contributed by atoms with Gasteiger partial charge in [-0.05, 0) is 68.5 Å². The van der Waals surface area contributed by atoms with Crippen molar-refractivity contribution in [1.82, 2.24) is 10.2 Å². The van der Waals surface area contributed by atoms with Crippen LogP contribution in [0.5, 0.6) is 0 Å². The molecule has 4 aliphatic rings. The van der Waals surface area contributed by atoms with Crippen molar-refractivity contribution in [1.29, 1.82) is 0 Å². The average Bonchev–Trinajstić information content (AvgIpc) is 3.58. The zero-order valence-electron chi connectivity index (χ0n) is 18.0. The highest BCUT2D eigenvalue weighted by atomic mass is 16.3. The number of furan rings is 1. The lowest BCUT2D eigenvalue weighted by Crippen LogP contribution is -2.57. The van der Waals surface area contributed by atoms with Crippen molar-refractivity contribution in [2.24, 2.45) is 11.8 Å². The van der Waals surface area contributed by atoms with Gasteiger partial charge in [0.15, 0.2) is 5.76 Å². The van der Waals surface area contributed by atoms with Gasteiger partial charge >= 0.3 is 0 Å². The highest BCUT2D eigenvalue weighted by molar-refractivity contribution is 6.01. The Kier molecular flexibility index (Phi) is 4.76. The van der Waals surface area contributed by atoms with Crippen molar-refractivity contribution in [3.8, 4) is 11.1 Å². The Morgan fingerprint density at radius 3 is 2.53 bits per heavy atom. The molecule has 0 unspecified atom stereocenters. The lowest BCUT2D eigenvalue weighted by Gasteiger charge is -2.44. The molecule has 2 N–H and O–H groups in total. The Hall–Kier alpha value is -3.12. The third-order valence-electron chi connectivity index (χ3n) is 7.13. The molecule has 1 aromatic heterocycles. The van der Waals surface area contributed by atoms with Crippen LogP contribution in [0.3, 0.4) is 0 Å². The van der Waals surface area contributed by atoms with Crippen molar-refractivity contribution >= 4 is 28.5 Å². The molecule has 32 heavy (non-hydrogen) atoms. The summed E-state index contributed by atoms with van der Waals surface area (Å²) in [6, 6.07) is 15.7. The van der Waals surface area contributed by atoms with Crippen LogP contribution < -0.4 is 10.6 Å². The van der Waals surface area contributed by atoms with E-state index in [1.165, 1.54) is 0 Å². The van der Waals surface area contributed by atoms with Crippen LogP contribution in [0.4, 0.5) is 5.69 Å². The van der Waals surface area contributed by atoms with Gasteiger partial charge in [0, 0.05) is 35.1 Å². The van der Waals surface area contributed by atoms with Crippen molar-refractivity contribution < 1.29 is 14.0 Å². The predicted octanol–water partition coefficient (Wildman–Crippen LogP) is 4.27. The highest BCUT2D eigenvalue weighted by Crippen LogP contribution is 2.34. The SMILES string of the molecule is O=C(N[C@H]1CN2CCC1CC2)c1cc2cccc(-c3cccc(NC(=O)C4CC4)c3)c2o1. The lowest BCUT2D eigenvalue weighted by molar-refractivity contribution is -0.117. The second-order valence-electron chi connectivity index (χ2n) is 9.40. The van der Waals surface area contributed by atoms with E-state index in [1.807, 2.05) is 48.5 Å². The first-order valence-electron chi connectivity index (χ1n) is 11.6. The molecule has 1 saturated carbocycles. The second-order valence-corrected chi connectivity index (χ2v) is 9.40. The smallest absolute Gasteiger partial charge is 0.287 e. The molecule has 1 aliphatic carbocycles. The molecular weight excluding hydrogens is 402 g/mol. The summed E-state index contributed by atoms with van der Waals surface area (Å²) < 4.78 is 6.09. The molecule has 4 heterocycles. The average molecular weight is 430 g/mol. The Bertz CT molecular complexity index is 1190. The predicted molar refractivity (Wildman–Crippen MR) is 123 cm³/mol. The molecule has 7 rings (SSSR count). The number of amides is 2. The van der Waals surface area contributed by atoms with E-state index in [1.54, 1.807) is 0 Å². The van der Waals surface area contributed by atoms with Gasteiger partial charge in [-0.25, -0.2) is 0 Å². The van der Waals surface area contributed by atoms with Crippen molar-refractivity contribution in [2.45, 2.75) is 31.7 Å². The number of nitrogens with one attached hydrogen (secondary N) is 2. The van der Waals surface area contributed by atoms with Crippen molar-refractivity contribution in [3.05, 3.63) is 54.3 Å². The summed E-state index contributed by atoms with van der Waals surface area (Å²) in [6.07, 6.45) is 4.26. The number of rotatable bonds is 5. The largest absolute Gasteiger partial charge is 0.450 e. The van der Waals surface area contributed by atoms with E-state index in [0.29, 0.717) is 17.3 Å². The second kappa shape index (κ2) is 7.78. The van der Waals surface area contributed by atoms with Crippen LogP contribution in [0.1, 0.15) is 36.2 Å².